The van der Waals surface area contributed by atoms with Crippen LogP contribution in [0.15, 0.2) is 22.1 Å². The molecule has 0 radical (unpaired) electrons. The Morgan fingerprint density at radius 2 is 1.94 bits per heavy atom. The summed E-state index contributed by atoms with van der Waals surface area (Å²) in [5, 5.41) is 18.9. The van der Waals surface area contributed by atoms with Gasteiger partial charge in [0.25, 0.3) is 0 Å². The molecule has 1 heterocycles. The number of carboxylic acid groups (broad SMARTS) is 1. The molecule has 2 amide bonds. The first kappa shape index (κ1) is 11.2. The van der Waals surface area contributed by atoms with E-state index in [0.29, 0.717) is 10.9 Å². The van der Waals surface area contributed by atoms with Crippen LogP contribution in [0, 0.1) is 0 Å². The van der Waals surface area contributed by atoms with E-state index in [4.69, 9.17) is 10.8 Å². The van der Waals surface area contributed by atoms with Crippen LogP contribution in [0.25, 0.3) is 0 Å². The second kappa shape index (κ2) is 3.95. The van der Waals surface area contributed by atoms with Crippen LogP contribution in [0.1, 0.15) is 5.56 Å². The molecule has 1 aromatic rings. The number of amides is 2. The van der Waals surface area contributed by atoms with Crippen LogP contribution in [0.5, 0.6) is 5.75 Å². The number of phenolic OH excluding ortho intramolecular Hbond substituents is 1. The van der Waals surface area contributed by atoms with Crippen molar-refractivity contribution in [1.29, 1.82) is 0 Å². The summed E-state index contributed by atoms with van der Waals surface area (Å²) in [6.07, 6.45) is -0.0435. The van der Waals surface area contributed by atoms with Crippen molar-refractivity contribution in [3.05, 3.63) is 28.4 Å². The van der Waals surface area contributed by atoms with Crippen molar-refractivity contribution in [3.8, 4) is 5.75 Å². The summed E-state index contributed by atoms with van der Waals surface area (Å²) in [5.41, 5.74) is 5.68. The fourth-order valence-corrected chi connectivity index (χ4v) is 1.51. The Morgan fingerprint density at radius 1 is 1.35 bits per heavy atom. The molecule has 4 N–H and O–H groups in total. The Hall–Kier alpha value is -2.28. The summed E-state index contributed by atoms with van der Waals surface area (Å²) >= 11 is 0. The maximum absolute atomic E-state index is 10.9. The zero-order valence-electron chi connectivity index (χ0n) is 8.62. The van der Waals surface area contributed by atoms with E-state index >= 15 is 0 Å². The van der Waals surface area contributed by atoms with Crippen LogP contribution in [0.2, 0.25) is 0 Å². The van der Waals surface area contributed by atoms with Crippen molar-refractivity contribution in [2.75, 3.05) is 0 Å². The van der Waals surface area contributed by atoms with Crippen LogP contribution in [0.4, 0.5) is 4.79 Å². The maximum atomic E-state index is 10.9. The van der Waals surface area contributed by atoms with E-state index in [0.717, 1.165) is 0 Å². The maximum Gasteiger partial charge on any atom is 0.368 e. The number of carbonyl (C=O) groups excluding carboxylic acids is 1. The van der Waals surface area contributed by atoms with Crippen LogP contribution in [-0.4, -0.2) is 28.3 Å². The Kier molecular flexibility index (Phi) is 2.60. The van der Waals surface area contributed by atoms with Crippen molar-refractivity contribution in [1.82, 2.24) is 0 Å². The van der Waals surface area contributed by atoms with Gasteiger partial charge in [-0.1, -0.05) is 0 Å². The third-order valence-corrected chi connectivity index (χ3v) is 2.37. The monoisotopic (exact) mass is 235 g/mol. The van der Waals surface area contributed by atoms with Gasteiger partial charge in [-0.15, -0.1) is 0 Å². The van der Waals surface area contributed by atoms with Crippen molar-refractivity contribution in [2.24, 2.45) is 15.7 Å². The molecule has 0 bridgehead atoms. The number of fused-ring (bicyclic) bond motifs is 1. The lowest BCUT2D eigenvalue weighted by molar-refractivity contribution is -0.138. The van der Waals surface area contributed by atoms with Crippen molar-refractivity contribution >= 4 is 12.0 Å². The second-order valence-corrected chi connectivity index (χ2v) is 3.62. The van der Waals surface area contributed by atoms with Crippen LogP contribution in [-0.2, 0) is 11.2 Å². The Morgan fingerprint density at radius 3 is 2.53 bits per heavy atom. The van der Waals surface area contributed by atoms with Crippen molar-refractivity contribution in [2.45, 2.75) is 12.5 Å². The molecular weight excluding hydrogens is 226 g/mol. The van der Waals surface area contributed by atoms with Gasteiger partial charge in [0.15, 0.2) is 0 Å². The molecule has 1 aromatic carbocycles. The summed E-state index contributed by atoms with van der Waals surface area (Å²) in [5.74, 6) is -1.31. The Bertz CT molecular complexity index is 623. The molecule has 1 aliphatic rings. The number of aliphatic carboxylic acids is 1. The minimum absolute atomic E-state index is 0.0435. The highest BCUT2D eigenvalue weighted by atomic mass is 16.4. The number of nitrogens with two attached hydrogens (primary N) is 1. The largest absolute Gasteiger partial charge is 0.508 e. The van der Waals surface area contributed by atoms with Gasteiger partial charge in [-0.3, -0.25) is 4.79 Å². The molecule has 17 heavy (non-hydrogen) atoms. The van der Waals surface area contributed by atoms with E-state index in [1.807, 2.05) is 0 Å². The predicted octanol–water partition coefficient (Wildman–Crippen LogP) is -1.28. The first-order valence-electron chi connectivity index (χ1n) is 4.79. The summed E-state index contributed by atoms with van der Waals surface area (Å²) in [6, 6.07) is 0.933. The van der Waals surface area contributed by atoms with Crippen LogP contribution < -0.4 is 16.4 Å². The normalized spacial score (nSPS) is 14.8. The van der Waals surface area contributed by atoms with Gasteiger partial charge in [-0.05, 0) is 11.6 Å². The van der Waals surface area contributed by atoms with E-state index in [2.05, 4.69) is 9.98 Å². The summed E-state index contributed by atoms with van der Waals surface area (Å²) in [6.45, 7) is 0. The minimum atomic E-state index is -1.16. The van der Waals surface area contributed by atoms with Gasteiger partial charge in [0.2, 0.25) is 0 Å². The lowest BCUT2D eigenvalue weighted by atomic mass is 10.1. The van der Waals surface area contributed by atoms with E-state index in [9.17, 15) is 14.7 Å². The first-order chi connectivity index (χ1) is 7.97. The van der Waals surface area contributed by atoms with E-state index in [1.165, 1.54) is 12.1 Å². The fourth-order valence-electron chi connectivity index (χ4n) is 1.51. The number of carboxylic acids is 1. The van der Waals surface area contributed by atoms with Gasteiger partial charge < -0.3 is 15.9 Å². The number of hydrogen-bond donors (Lipinski definition) is 3. The molecule has 0 aromatic heterocycles. The van der Waals surface area contributed by atoms with E-state index in [-0.39, 0.29) is 17.5 Å². The Balaban J connectivity index is 2.42. The van der Waals surface area contributed by atoms with Gasteiger partial charge in [0, 0.05) is 12.5 Å². The number of urea groups is 1. The van der Waals surface area contributed by atoms with Gasteiger partial charge in [0.05, 0.1) is 10.7 Å². The number of aromatic hydroxyl groups is 1. The SMILES string of the molecule is NC(Cc1cc2c(cc1O)=NC(=O)N=2)C(=O)O. The molecule has 7 nitrogen and oxygen atoms in total. The van der Waals surface area contributed by atoms with Crippen LogP contribution >= 0.6 is 0 Å². The lowest BCUT2D eigenvalue weighted by Crippen LogP contribution is -2.33. The molecule has 0 saturated heterocycles. The second-order valence-electron chi connectivity index (χ2n) is 3.62. The first-order valence-corrected chi connectivity index (χ1v) is 4.79. The smallest absolute Gasteiger partial charge is 0.368 e. The number of phenols is 1. The van der Waals surface area contributed by atoms with Gasteiger partial charge in [0.1, 0.15) is 11.8 Å². The third-order valence-electron chi connectivity index (χ3n) is 2.37. The molecule has 0 saturated carbocycles. The van der Waals surface area contributed by atoms with Crippen molar-refractivity contribution < 1.29 is 19.8 Å². The lowest BCUT2D eigenvalue weighted by Gasteiger charge is -2.07. The molecule has 2 rings (SSSR count). The average molecular weight is 235 g/mol. The van der Waals surface area contributed by atoms with Gasteiger partial charge in [-0.2, -0.15) is 9.98 Å². The summed E-state index contributed by atoms with van der Waals surface area (Å²) in [4.78, 5) is 28.7. The highest BCUT2D eigenvalue weighted by molar-refractivity contribution is 5.77. The third kappa shape index (κ3) is 2.13. The predicted molar refractivity (Wildman–Crippen MR) is 55.1 cm³/mol. The average Bonchev–Trinajstić information content (AvgIpc) is 2.57. The molecule has 0 fully saturated rings. The highest BCUT2D eigenvalue weighted by Gasteiger charge is 2.16. The summed E-state index contributed by atoms with van der Waals surface area (Å²) in [7, 11) is 0. The molecule has 1 atom stereocenters. The molecule has 7 heteroatoms. The molecule has 0 spiro atoms. The molecule has 1 unspecified atom stereocenters. The fraction of sp³-hybridized carbons (Fsp3) is 0.200. The number of carbonyl (C=O) groups is 2. The number of hydrogen-bond acceptors (Lipinski definition) is 4. The zero-order chi connectivity index (χ0) is 12.6. The summed E-state index contributed by atoms with van der Waals surface area (Å²) < 4.78 is 0. The number of nitrogens with zero attached hydrogens (tertiary/aromatic N) is 2. The van der Waals surface area contributed by atoms with Gasteiger partial charge in [-0.25, -0.2) is 4.79 Å². The topological polar surface area (TPSA) is 125 Å². The molecule has 88 valence electrons. The zero-order valence-corrected chi connectivity index (χ0v) is 8.62. The Labute approximate surface area is 94.9 Å². The van der Waals surface area contributed by atoms with Crippen molar-refractivity contribution in [3.63, 3.8) is 0 Å². The minimum Gasteiger partial charge on any atom is -0.508 e. The van der Waals surface area contributed by atoms with Gasteiger partial charge >= 0.3 is 12.0 Å². The molecule has 0 aliphatic carbocycles. The van der Waals surface area contributed by atoms with E-state index < -0.39 is 18.0 Å². The standard InChI is InChI=1S/C10H9N3O4/c11-5(9(15)16)1-4-2-6-7(3-8(4)14)13-10(17)12-6/h2-3,5,14H,1,11H2,(H,15,16). The number of benzene rings is 1. The highest BCUT2D eigenvalue weighted by Crippen LogP contribution is 2.14. The molecular formula is C10H9N3O4. The molecule has 1 aliphatic heterocycles. The quantitative estimate of drug-likeness (QED) is 0.601. The van der Waals surface area contributed by atoms with E-state index in [1.54, 1.807) is 0 Å². The number of rotatable bonds is 3. The van der Waals surface area contributed by atoms with Crippen LogP contribution in [0.3, 0.4) is 0 Å².